The zero-order chi connectivity index (χ0) is 10.1. The van der Waals surface area contributed by atoms with Gasteiger partial charge in [-0.05, 0) is 6.92 Å². The van der Waals surface area contributed by atoms with E-state index in [9.17, 15) is 0 Å². The quantitative estimate of drug-likeness (QED) is 0.437. The molecule has 0 fully saturated rings. The van der Waals surface area contributed by atoms with Gasteiger partial charge in [0.1, 0.15) is 0 Å². The van der Waals surface area contributed by atoms with E-state index in [4.69, 9.17) is 31.9 Å². The summed E-state index contributed by atoms with van der Waals surface area (Å²) in [6.07, 6.45) is -0.538. The van der Waals surface area contributed by atoms with E-state index in [2.05, 4.69) is 0 Å². The summed E-state index contributed by atoms with van der Waals surface area (Å²) in [7, 11) is 0. The summed E-state index contributed by atoms with van der Waals surface area (Å²) in [4.78, 5) is 0. The van der Waals surface area contributed by atoms with Crippen LogP contribution < -0.4 is 5.73 Å². The maximum Gasteiger partial charge on any atom is 0.0701 e. The van der Waals surface area contributed by atoms with Gasteiger partial charge in [-0.15, -0.1) is 11.6 Å². The molecule has 4 nitrogen and oxygen atoms in total. The van der Waals surface area contributed by atoms with Crippen molar-refractivity contribution in [1.29, 1.82) is 0 Å². The summed E-state index contributed by atoms with van der Waals surface area (Å²) in [6, 6.07) is -0.326. The number of alkyl halides is 1. The van der Waals surface area contributed by atoms with E-state index < -0.39 is 6.10 Å². The molecule has 0 aromatic rings. The fraction of sp³-hybridized carbons (Fsp3) is 1.00. The number of aliphatic hydroxyl groups is 1. The third-order valence-corrected chi connectivity index (χ3v) is 1.68. The smallest absolute Gasteiger partial charge is 0.0701 e. The molecule has 0 spiro atoms. The molecule has 0 aromatic carbocycles. The van der Waals surface area contributed by atoms with Gasteiger partial charge >= 0.3 is 0 Å². The first-order valence-corrected chi connectivity index (χ1v) is 4.87. The van der Waals surface area contributed by atoms with Crippen molar-refractivity contribution >= 4 is 11.6 Å². The number of hydrogen-bond donors (Lipinski definition) is 2. The Kier molecular flexibility index (Phi) is 8.80. The Morgan fingerprint density at radius 1 is 1.31 bits per heavy atom. The molecule has 0 saturated carbocycles. The van der Waals surface area contributed by atoms with Gasteiger partial charge in [0, 0.05) is 5.88 Å². The fourth-order valence-electron chi connectivity index (χ4n) is 0.633. The van der Waals surface area contributed by atoms with Gasteiger partial charge in [0.15, 0.2) is 0 Å². The first-order valence-electron chi connectivity index (χ1n) is 4.33. The lowest BCUT2D eigenvalue weighted by Crippen LogP contribution is -2.37. The van der Waals surface area contributed by atoms with Crippen LogP contribution in [-0.4, -0.2) is 49.6 Å². The van der Waals surface area contributed by atoms with Crippen molar-refractivity contribution in [3.8, 4) is 0 Å². The molecule has 3 N–H and O–H groups in total. The number of aliphatic hydroxyl groups excluding tert-OH is 1. The van der Waals surface area contributed by atoms with Gasteiger partial charge in [0.05, 0.1) is 38.6 Å². The summed E-state index contributed by atoms with van der Waals surface area (Å²) < 4.78 is 10.2. The number of halogens is 1. The molecular formula is C8H18ClNO3. The minimum absolute atomic E-state index is 0.326. The van der Waals surface area contributed by atoms with Gasteiger partial charge in [-0.3, -0.25) is 0 Å². The largest absolute Gasteiger partial charge is 0.392 e. The van der Waals surface area contributed by atoms with E-state index in [1.54, 1.807) is 6.92 Å². The average molecular weight is 212 g/mol. The summed E-state index contributed by atoms with van der Waals surface area (Å²) in [5.74, 6) is 0.493. The zero-order valence-corrected chi connectivity index (χ0v) is 8.67. The van der Waals surface area contributed by atoms with Crippen LogP contribution in [0.15, 0.2) is 0 Å². The van der Waals surface area contributed by atoms with E-state index in [-0.39, 0.29) is 6.04 Å². The van der Waals surface area contributed by atoms with Crippen LogP contribution in [0.5, 0.6) is 0 Å². The molecule has 2 atom stereocenters. The van der Waals surface area contributed by atoms with E-state index in [0.717, 1.165) is 0 Å². The number of rotatable bonds is 8. The Hall–Kier alpha value is 0.130. The fourth-order valence-corrected chi connectivity index (χ4v) is 0.742. The van der Waals surface area contributed by atoms with Crippen molar-refractivity contribution in [2.24, 2.45) is 5.73 Å². The Balaban J connectivity index is 3.07. The molecule has 0 aliphatic rings. The SMILES string of the molecule is C[C@@H](O)[C@H](N)COCCOCCCl. The van der Waals surface area contributed by atoms with Crippen LogP contribution >= 0.6 is 11.6 Å². The van der Waals surface area contributed by atoms with Gasteiger partial charge in [-0.1, -0.05) is 0 Å². The van der Waals surface area contributed by atoms with E-state index >= 15 is 0 Å². The van der Waals surface area contributed by atoms with E-state index in [0.29, 0.717) is 32.3 Å². The minimum atomic E-state index is -0.538. The Labute approximate surface area is 84.0 Å². The minimum Gasteiger partial charge on any atom is -0.392 e. The normalized spacial score (nSPS) is 15.7. The molecule has 0 rings (SSSR count). The molecule has 0 unspecified atom stereocenters. The van der Waals surface area contributed by atoms with Crippen LogP contribution in [0.1, 0.15) is 6.92 Å². The Bertz CT molecular complexity index is 114. The lowest BCUT2D eigenvalue weighted by atomic mass is 10.2. The summed E-state index contributed by atoms with van der Waals surface area (Å²) in [6.45, 7) is 3.52. The van der Waals surface area contributed by atoms with Crippen molar-refractivity contribution in [2.75, 3.05) is 32.3 Å². The predicted octanol–water partition coefficient (Wildman–Crippen LogP) is -0.0335. The number of nitrogens with two attached hydrogens (primary N) is 1. The molecule has 0 bridgehead atoms. The number of ether oxygens (including phenoxy) is 2. The van der Waals surface area contributed by atoms with Gasteiger partial charge < -0.3 is 20.3 Å². The topological polar surface area (TPSA) is 64.7 Å². The highest BCUT2D eigenvalue weighted by Crippen LogP contribution is 1.89. The maximum absolute atomic E-state index is 9.01. The van der Waals surface area contributed by atoms with Crippen LogP contribution in [0.3, 0.4) is 0 Å². The van der Waals surface area contributed by atoms with Crippen LogP contribution in [0, 0.1) is 0 Å². The monoisotopic (exact) mass is 211 g/mol. The molecule has 0 aliphatic carbocycles. The number of hydrogen-bond acceptors (Lipinski definition) is 4. The highest BCUT2D eigenvalue weighted by atomic mass is 35.5. The zero-order valence-electron chi connectivity index (χ0n) is 7.91. The van der Waals surface area contributed by atoms with Crippen LogP contribution in [0.25, 0.3) is 0 Å². The molecule has 13 heavy (non-hydrogen) atoms. The second-order valence-electron chi connectivity index (χ2n) is 2.78. The predicted molar refractivity (Wildman–Crippen MR) is 52.0 cm³/mol. The lowest BCUT2D eigenvalue weighted by Gasteiger charge is -2.14. The highest BCUT2D eigenvalue weighted by Gasteiger charge is 2.08. The summed E-state index contributed by atoms with van der Waals surface area (Å²) >= 11 is 5.39. The van der Waals surface area contributed by atoms with Crippen LogP contribution in [0.4, 0.5) is 0 Å². The molecule has 5 heteroatoms. The van der Waals surface area contributed by atoms with Crippen LogP contribution in [-0.2, 0) is 9.47 Å². The van der Waals surface area contributed by atoms with Gasteiger partial charge in [-0.2, -0.15) is 0 Å². The molecule has 80 valence electrons. The Morgan fingerprint density at radius 3 is 2.46 bits per heavy atom. The molecule has 0 radical (unpaired) electrons. The molecule has 0 amide bonds. The maximum atomic E-state index is 9.01. The van der Waals surface area contributed by atoms with Crippen molar-refractivity contribution in [2.45, 2.75) is 19.1 Å². The second-order valence-corrected chi connectivity index (χ2v) is 3.16. The molecule has 0 aromatic heterocycles. The first-order chi connectivity index (χ1) is 6.18. The molecule has 0 aliphatic heterocycles. The molecular weight excluding hydrogens is 194 g/mol. The third kappa shape index (κ3) is 8.46. The van der Waals surface area contributed by atoms with Crippen molar-refractivity contribution in [1.82, 2.24) is 0 Å². The molecule has 0 heterocycles. The van der Waals surface area contributed by atoms with Gasteiger partial charge in [-0.25, -0.2) is 0 Å². The molecule has 0 saturated heterocycles. The van der Waals surface area contributed by atoms with Gasteiger partial charge in [0.2, 0.25) is 0 Å². The lowest BCUT2D eigenvalue weighted by molar-refractivity contribution is 0.0296. The standard InChI is InChI=1S/C8H18ClNO3/c1-7(11)8(10)6-13-5-4-12-3-2-9/h7-8,11H,2-6,10H2,1H3/t7-,8-/m1/s1. The Morgan fingerprint density at radius 2 is 1.92 bits per heavy atom. The summed E-state index contributed by atoms with van der Waals surface area (Å²) in [5, 5.41) is 9.01. The van der Waals surface area contributed by atoms with Gasteiger partial charge in [0.25, 0.3) is 0 Å². The third-order valence-electron chi connectivity index (χ3n) is 1.52. The van der Waals surface area contributed by atoms with Crippen molar-refractivity contribution in [3.63, 3.8) is 0 Å². The summed E-state index contributed by atoms with van der Waals surface area (Å²) in [5.41, 5.74) is 5.52. The van der Waals surface area contributed by atoms with Crippen LogP contribution in [0.2, 0.25) is 0 Å². The first kappa shape index (κ1) is 13.1. The van der Waals surface area contributed by atoms with E-state index in [1.807, 2.05) is 0 Å². The average Bonchev–Trinajstić information content (AvgIpc) is 2.10. The second kappa shape index (κ2) is 8.72. The van der Waals surface area contributed by atoms with Crippen molar-refractivity contribution in [3.05, 3.63) is 0 Å². The van der Waals surface area contributed by atoms with Crippen molar-refractivity contribution < 1.29 is 14.6 Å². The van der Waals surface area contributed by atoms with E-state index in [1.165, 1.54) is 0 Å². The highest BCUT2D eigenvalue weighted by molar-refractivity contribution is 6.17.